The first-order valence-electron chi connectivity index (χ1n) is 14.4. The number of carbonyl (C=O) groups excluding carboxylic acids is 3. The van der Waals surface area contributed by atoms with E-state index in [0.29, 0.717) is 28.2 Å². The molecule has 0 bridgehead atoms. The van der Waals surface area contributed by atoms with Gasteiger partial charge in [0.1, 0.15) is 11.6 Å². The molecule has 1 atom stereocenters. The van der Waals surface area contributed by atoms with E-state index in [1.165, 1.54) is 10.4 Å². The largest absolute Gasteiger partial charge is 0.369 e. The van der Waals surface area contributed by atoms with Gasteiger partial charge in [0.2, 0.25) is 5.91 Å². The van der Waals surface area contributed by atoms with E-state index in [-0.39, 0.29) is 22.4 Å². The Morgan fingerprint density at radius 1 is 1.00 bits per heavy atom. The number of anilines is 3. The van der Waals surface area contributed by atoms with Crippen molar-refractivity contribution in [2.75, 3.05) is 48.8 Å². The third kappa shape index (κ3) is 5.86. The molecule has 1 unspecified atom stereocenters. The number of aliphatic imine (C=N–C) groups is 1. The zero-order valence-electron chi connectivity index (χ0n) is 24.7. The zero-order valence-corrected chi connectivity index (χ0v) is 25.4. The zero-order chi connectivity index (χ0) is 31.0. The first kappa shape index (κ1) is 29.3. The number of carbonyl (C=O) groups is 3. The molecule has 0 aliphatic carbocycles. The van der Waals surface area contributed by atoms with Gasteiger partial charge in [-0.1, -0.05) is 35.9 Å². The van der Waals surface area contributed by atoms with Crippen molar-refractivity contribution in [1.82, 2.24) is 14.7 Å². The van der Waals surface area contributed by atoms with Crippen LogP contribution in [-0.2, 0) is 11.8 Å². The molecule has 2 amide bonds. The van der Waals surface area contributed by atoms with Gasteiger partial charge >= 0.3 is 0 Å². The van der Waals surface area contributed by atoms with E-state index >= 15 is 0 Å². The van der Waals surface area contributed by atoms with Crippen LogP contribution < -0.4 is 15.5 Å². The number of hydrogen-bond acceptors (Lipinski definition) is 7. The van der Waals surface area contributed by atoms with E-state index in [0.717, 1.165) is 37.4 Å². The minimum Gasteiger partial charge on any atom is -0.369 e. The van der Waals surface area contributed by atoms with Crippen LogP contribution in [0.25, 0.3) is 0 Å². The molecule has 224 valence electrons. The lowest BCUT2D eigenvalue weighted by Gasteiger charge is -2.34. The van der Waals surface area contributed by atoms with Gasteiger partial charge in [0.25, 0.3) is 5.91 Å². The maximum Gasteiger partial charge on any atom is 0.275 e. The fourth-order valence-corrected chi connectivity index (χ4v) is 5.77. The Kier molecular flexibility index (Phi) is 8.03. The van der Waals surface area contributed by atoms with Gasteiger partial charge < -0.3 is 20.4 Å². The van der Waals surface area contributed by atoms with Crippen LogP contribution in [0.3, 0.4) is 0 Å². The van der Waals surface area contributed by atoms with E-state index < -0.39 is 11.8 Å². The lowest BCUT2D eigenvalue weighted by Crippen LogP contribution is -2.44. The standard InChI is InChI=1S/C33H32ClN7O3/c1-20-29(34)30(40(3)38-20)33(44)36-24-6-4-5-21(17-24)31(42)22-7-12-26-27(32(43)37-28(26)18-22)19-35-23-8-10-25(11-9-23)41-15-13-39(2)14-16-41/h4-12,17-19,27H,13-16H2,1-3H3,(H,36,44)(H,37,43). The molecule has 3 aromatic carbocycles. The summed E-state index contributed by atoms with van der Waals surface area (Å²) in [5.74, 6) is -1.43. The average Bonchev–Trinajstić information content (AvgIpc) is 3.48. The highest BCUT2D eigenvalue weighted by Gasteiger charge is 2.30. The number of aromatic nitrogens is 2. The van der Waals surface area contributed by atoms with Crippen molar-refractivity contribution < 1.29 is 14.4 Å². The molecule has 2 N–H and O–H groups in total. The molecule has 0 spiro atoms. The molecule has 1 saturated heterocycles. The molecule has 4 aromatic rings. The van der Waals surface area contributed by atoms with Crippen molar-refractivity contribution in [3.05, 3.63) is 99.8 Å². The topological polar surface area (TPSA) is 112 Å². The van der Waals surface area contributed by atoms with Crippen molar-refractivity contribution >= 4 is 58.2 Å². The smallest absolute Gasteiger partial charge is 0.275 e. The van der Waals surface area contributed by atoms with Gasteiger partial charge in [-0.3, -0.25) is 24.1 Å². The molecule has 6 rings (SSSR count). The molecule has 0 saturated carbocycles. The number of nitrogens with zero attached hydrogens (tertiary/aromatic N) is 5. The second-order valence-corrected chi connectivity index (χ2v) is 11.5. The lowest BCUT2D eigenvalue weighted by molar-refractivity contribution is -0.115. The number of aryl methyl sites for hydroxylation is 2. The Hall–Kier alpha value is -4.80. The first-order chi connectivity index (χ1) is 21.2. The summed E-state index contributed by atoms with van der Waals surface area (Å²) in [5, 5.41) is 10.1. The van der Waals surface area contributed by atoms with Gasteiger partial charge in [0.15, 0.2) is 5.78 Å². The fraction of sp³-hybridized carbons (Fsp3) is 0.242. The maximum atomic E-state index is 13.4. The molecule has 2 aliphatic rings. The molecular formula is C33H32ClN7O3. The van der Waals surface area contributed by atoms with Gasteiger partial charge in [-0.05, 0) is 62.0 Å². The van der Waals surface area contributed by atoms with Crippen molar-refractivity contribution in [2.45, 2.75) is 12.8 Å². The van der Waals surface area contributed by atoms with E-state index in [9.17, 15) is 14.4 Å². The Labute approximate surface area is 260 Å². The molecule has 0 radical (unpaired) electrons. The quantitative estimate of drug-likeness (QED) is 0.224. The highest BCUT2D eigenvalue weighted by molar-refractivity contribution is 6.34. The number of fused-ring (bicyclic) bond motifs is 1. The second kappa shape index (κ2) is 12.1. The Morgan fingerprint density at radius 2 is 1.73 bits per heavy atom. The average molecular weight is 610 g/mol. The Morgan fingerprint density at radius 3 is 2.43 bits per heavy atom. The van der Waals surface area contributed by atoms with E-state index in [4.69, 9.17) is 11.6 Å². The minimum absolute atomic E-state index is 0.198. The van der Waals surface area contributed by atoms with Gasteiger partial charge in [-0.2, -0.15) is 5.10 Å². The normalized spacial score (nSPS) is 16.7. The van der Waals surface area contributed by atoms with E-state index in [2.05, 4.69) is 49.7 Å². The number of piperazine rings is 1. The SMILES string of the molecule is Cc1nn(C)c(C(=O)Nc2cccc(C(=O)c3ccc4c(c3)NC(=O)C4C=Nc3ccc(N4CCN(C)CC4)cc3)c2)c1Cl. The summed E-state index contributed by atoms with van der Waals surface area (Å²) in [6, 6.07) is 19.9. The number of hydrogen-bond donors (Lipinski definition) is 2. The third-order valence-corrected chi connectivity index (χ3v) is 8.48. The number of halogens is 1. The van der Waals surface area contributed by atoms with Gasteiger partial charge in [-0.15, -0.1) is 0 Å². The summed E-state index contributed by atoms with van der Waals surface area (Å²) in [6.07, 6.45) is 1.65. The van der Waals surface area contributed by atoms with Crippen LogP contribution in [-0.4, -0.2) is 71.7 Å². The minimum atomic E-state index is -0.563. The molecule has 11 heteroatoms. The summed E-state index contributed by atoms with van der Waals surface area (Å²) in [7, 11) is 3.78. The van der Waals surface area contributed by atoms with Crippen LogP contribution in [0.2, 0.25) is 5.02 Å². The lowest BCUT2D eigenvalue weighted by atomic mass is 9.97. The number of benzene rings is 3. The molecule has 10 nitrogen and oxygen atoms in total. The van der Waals surface area contributed by atoms with Crippen LogP contribution >= 0.6 is 11.6 Å². The number of rotatable bonds is 7. The fourth-order valence-electron chi connectivity index (χ4n) is 5.53. The Bertz CT molecular complexity index is 1790. The monoisotopic (exact) mass is 609 g/mol. The summed E-state index contributed by atoms with van der Waals surface area (Å²) >= 11 is 6.25. The van der Waals surface area contributed by atoms with Crippen molar-refractivity contribution in [1.29, 1.82) is 0 Å². The van der Waals surface area contributed by atoms with Crippen LogP contribution in [0.15, 0.2) is 71.7 Å². The number of nitrogens with one attached hydrogen (secondary N) is 2. The molecule has 44 heavy (non-hydrogen) atoms. The summed E-state index contributed by atoms with van der Waals surface area (Å²) < 4.78 is 1.42. The molecule has 2 aliphatic heterocycles. The van der Waals surface area contributed by atoms with Gasteiger partial charge in [-0.25, -0.2) is 0 Å². The second-order valence-electron chi connectivity index (χ2n) is 11.1. The Balaban J connectivity index is 1.14. The number of likely N-dealkylation sites (N-methyl/N-ethyl adjacent to an activating group) is 1. The predicted molar refractivity (Wildman–Crippen MR) is 173 cm³/mol. The highest BCUT2D eigenvalue weighted by Crippen LogP contribution is 2.34. The highest BCUT2D eigenvalue weighted by atomic mass is 35.5. The number of ketones is 1. The van der Waals surface area contributed by atoms with Crippen LogP contribution in [0, 0.1) is 6.92 Å². The molecule has 1 aromatic heterocycles. The van der Waals surface area contributed by atoms with Crippen molar-refractivity contribution in [3.8, 4) is 0 Å². The maximum absolute atomic E-state index is 13.4. The van der Waals surface area contributed by atoms with E-state index in [1.54, 1.807) is 62.7 Å². The van der Waals surface area contributed by atoms with Crippen LogP contribution in [0.4, 0.5) is 22.7 Å². The summed E-state index contributed by atoms with van der Waals surface area (Å²) in [6.45, 7) is 5.78. The van der Waals surface area contributed by atoms with Crippen molar-refractivity contribution in [3.63, 3.8) is 0 Å². The van der Waals surface area contributed by atoms with E-state index in [1.807, 2.05) is 12.1 Å². The third-order valence-electron chi connectivity index (χ3n) is 8.03. The van der Waals surface area contributed by atoms with Gasteiger partial charge in [0, 0.05) is 67.6 Å². The molecule has 1 fully saturated rings. The summed E-state index contributed by atoms with van der Waals surface area (Å²) in [5.41, 5.74) is 5.29. The summed E-state index contributed by atoms with van der Waals surface area (Å²) in [4.78, 5) is 48.4. The van der Waals surface area contributed by atoms with Crippen LogP contribution in [0.1, 0.15) is 43.6 Å². The number of amides is 2. The van der Waals surface area contributed by atoms with Crippen molar-refractivity contribution in [2.24, 2.45) is 12.0 Å². The molecule has 3 heterocycles. The first-order valence-corrected chi connectivity index (χ1v) is 14.7. The van der Waals surface area contributed by atoms with Gasteiger partial charge in [0.05, 0.1) is 16.4 Å². The predicted octanol–water partition coefficient (Wildman–Crippen LogP) is 5.06. The molecular weight excluding hydrogens is 578 g/mol. The van der Waals surface area contributed by atoms with Crippen LogP contribution in [0.5, 0.6) is 0 Å².